The van der Waals surface area contributed by atoms with Crippen LogP contribution in [0.3, 0.4) is 0 Å². The molecule has 0 aliphatic heterocycles. The zero-order valence-electron chi connectivity index (χ0n) is 13.2. The molecule has 2 nitrogen and oxygen atoms in total. The van der Waals surface area contributed by atoms with E-state index in [-0.39, 0.29) is 0 Å². The highest BCUT2D eigenvalue weighted by Crippen LogP contribution is 2.39. The van der Waals surface area contributed by atoms with Gasteiger partial charge in [0.05, 0.1) is 19.3 Å². The molecule has 2 aromatic carbocycles. The molecule has 0 N–H and O–H groups in total. The van der Waals surface area contributed by atoms with E-state index >= 15 is 0 Å². The Hall–Kier alpha value is -2.19. The highest BCUT2D eigenvalue weighted by molar-refractivity contribution is 6.40. The largest absolute Gasteiger partial charge is 0.497 e. The molecule has 0 fully saturated rings. The molecule has 3 heteroatoms. The minimum absolute atomic E-state index is 0.770. The van der Waals surface area contributed by atoms with Gasteiger partial charge in [-0.05, 0) is 59.4 Å². The fourth-order valence-corrected chi connectivity index (χ4v) is 3.02. The van der Waals surface area contributed by atoms with Gasteiger partial charge in [0, 0.05) is 0 Å². The van der Waals surface area contributed by atoms with Gasteiger partial charge in [-0.1, -0.05) is 41.9 Å². The third-order valence-corrected chi connectivity index (χ3v) is 4.33. The maximum Gasteiger partial charge on any atom is 0.118 e. The molecule has 0 unspecified atom stereocenters. The van der Waals surface area contributed by atoms with Crippen molar-refractivity contribution < 1.29 is 9.47 Å². The first-order valence-corrected chi connectivity index (χ1v) is 7.83. The van der Waals surface area contributed by atoms with Gasteiger partial charge in [0.1, 0.15) is 11.5 Å². The van der Waals surface area contributed by atoms with Crippen LogP contribution in [0.15, 0.2) is 59.6 Å². The van der Waals surface area contributed by atoms with Crippen LogP contribution in [-0.2, 0) is 0 Å². The number of rotatable bonds is 4. The van der Waals surface area contributed by atoms with Gasteiger partial charge in [-0.3, -0.25) is 0 Å². The Labute approximate surface area is 142 Å². The third-order valence-electron chi connectivity index (χ3n) is 3.92. The van der Waals surface area contributed by atoms with E-state index in [9.17, 15) is 0 Å². The van der Waals surface area contributed by atoms with Gasteiger partial charge < -0.3 is 9.47 Å². The lowest BCUT2D eigenvalue weighted by Gasteiger charge is -2.18. The number of halogens is 1. The van der Waals surface area contributed by atoms with Crippen molar-refractivity contribution in [3.63, 3.8) is 0 Å². The predicted octanol–water partition coefficient (Wildman–Crippen LogP) is 5.35. The van der Waals surface area contributed by atoms with Crippen molar-refractivity contribution in [1.29, 1.82) is 0 Å². The minimum atomic E-state index is 0.770. The number of hydrogen-bond donors (Lipinski definition) is 0. The van der Waals surface area contributed by atoms with Crippen molar-refractivity contribution in [3.05, 3.63) is 77.2 Å². The molecule has 0 heterocycles. The standard InChI is InChI=1S/C20H18ClO2/c1-22-16-10-6-14(7-11-16)18-4-3-5-19(20(18)21)15-8-12-17(23-2)13-9-15/h4-13H,3H2,1-2H3. The Morgan fingerprint density at radius 2 is 1.30 bits per heavy atom. The number of benzene rings is 2. The van der Waals surface area contributed by atoms with Gasteiger partial charge in [-0.25, -0.2) is 0 Å². The molecule has 0 spiro atoms. The highest BCUT2D eigenvalue weighted by Gasteiger charge is 2.17. The fraction of sp³-hybridized carbons (Fsp3) is 0.150. The number of allylic oxidation sites excluding steroid dienone is 4. The van der Waals surface area contributed by atoms with Crippen LogP contribution < -0.4 is 9.47 Å². The summed E-state index contributed by atoms with van der Waals surface area (Å²) in [5, 5.41) is 0.770. The molecular weight excluding hydrogens is 308 g/mol. The van der Waals surface area contributed by atoms with Crippen LogP contribution in [0, 0.1) is 6.42 Å². The molecule has 0 bridgehead atoms. The molecule has 1 aliphatic carbocycles. The summed E-state index contributed by atoms with van der Waals surface area (Å²) in [5.74, 6) is 1.68. The average Bonchev–Trinajstić information content (AvgIpc) is 2.62. The van der Waals surface area contributed by atoms with Gasteiger partial charge in [-0.15, -0.1) is 0 Å². The molecule has 23 heavy (non-hydrogen) atoms. The van der Waals surface area contributed by atoms with Gasteiger partial charge in [0.15, 0.2) is 0 Å². The quantitative estimate of drug-likeness (QED) is 0.755. The van der Waals surface area contributed by atoms with Crippen molar-refractivity contribution in [1.82, 2.24) is 0 Å². The second kappa shape index (κ2) is 6.93. The summed E-state index contributed by atoms with van der Waals surface area (Å²) >= 11 is 6.68. The van der Waals surface area contributed by atoms with Gasteiger partial charge in [0.2, 0.25) is 0 Å². The summed E-state index contributed by atoms with van der Waals surface area (Å²) in [4.78, 5) is 0. The number of ether oxygens (including phenoxy) is 2. The highest BCUT2D eigenvalue weighted by atomic mass is 35.5. The molecule has 1 radical (unpaired) electrons. The number of hydrogen-bond acceptors (Lipinski definition) is 2. The zero-order valence-corrected chi connectivity index (χ0v) is 13.9. The zero-order chi connectivity index (χ0) is 16.2. The molecule has 3 rings (SSSR count). The lowest BCUT2D eigenvalue weighted by Crippen LogP contribution is -1.98. The smallest absolute Gasteiger partial charge is 0.118 e. The number of methoxy groups -OCH3 is 2. The summed E-state index contributed by atoms with van der Waals surface area (Å²) in [6.45, 7) is 0. The van der Waals surface area contributed by atoms with Crippen molar-refractivity contribution in [2.75, 3.05) is 14.2 Å². The van der Waals surface area contributed by atoms with Crippen LogP contribution in [0.1, 0.15) is 17.5 Å². The second-order valence-corrected chi connectivity index (χ2v) is 5.62. The molecular formula is C20H18ClO2. The van der Waals surface area contributed by atoms with Crippen LogP contribution in [0.25, 0.3) is 11.1 Å². The maximum atomic E-state index is 6.68. The Kier molecular flexibility index (Phi) is 4.73. The summed E-state index contributed by atoms with van der Waals surface area (Å²) < 4.78 is 10.4. The van der Waals surface area contributed by atoms with Crippen LogP contribution in [-0.4, -0.2) is 14.2 Å². The lowest BCUT2D eigenvalue weighted by molar-refractivity contribution is 0.414. The lowest BCUT2D eigenvalue weighted by atomic mass is 9.90. The average molecular weight is 326 g/mol. The van der Waals surface area contributed by atoms with Gasteiger partial charge >= 0.3 is 0 Å². The summed E-state index contributed by atoms with van der Waals surface area (Å²) in [6.07, 6.45) is 5.16. The SMILES string of the molecule is COc1ccc(C2=CC[CH]C(c3ccc(OC)cc3)=C2Cl)cc1. The van der Waals surface area contributed by atoms with E-state index in [1.165, 1.54) is 0 Å². The van der Waals surface area contributed by atoms with Crippen LogP contribution in [0.5, 0.6) is 11.5 Å². The van der Waals surface area contributed by atoms with E-state index in [2.05, 4.69) is 12.5 Å². The second-order valence-electron chi connectivity index (χ2n) is 5.24. The first kappa shape index (κ1) is 15.7. The molecule has 0 saturated carbocycles. The monoisotopic (exact) mass is 325 g/mol. The Morgan fingerprint density at radius 3 is 1.83 bits per heavy atom. The predicted molar refractivity (Wildman–Crippen MR) is 95.7 cm³/mol. The van der Waals surface area contributed by atoms with Crippen LogP contribution in [0.2, 0.25) is 0 Å². The van der Waals surface area contributed by atoms with Crippen molar-refractivity contribution in [2.24, 2.45) is 0 Å². The normalized spacial score (nSPS) is 14.5. The van der Waals surface area contributed by atoms with E-state index in [1.807, 2.05) is 48.5 Å². The molecule has 0 saturated heterocycles. The molecule has 0 atom stereocenters. The van der Waals surface area contributed by atoms with Crippen molar-refractivity contribution in [2.45, 2.75) is 6.42 Å². The first-order valence-electron chi connectivity index (χ1n) is 7.45. The van der Waals surface area contributed by atoms with Crippen molar-refractivity contribution in [3.8, 4) is 11.5 Å². The van der Waals surface area contributed by atoms with Gasteiger partial charge in [0.25, 0.3) is 0 Å². The molecule has 0 amide bonds. The summed E-state index contributed by atoms with van der Waals surface area (Å²) in [7, 11) is 3.33. The fourth-order valence-electron chi connectivity index (χ4n) is 2.65. The molecule has 117 valence electrons. The van der Waals surface area contributed by atoms with E-state index in [1.54, 1.807) is 14.2 Å². The summed E-state index contributed by atoms with van der Waals surface area (Å²) in [6, 6.07) is 15.9. The van der Waals surface area contributed by atoms with E-state index in [0.717, 1.165) is 45.2 Å². The Balaban J connectivity index is 1.95. The molecule has 2 aromatic rings. The molecule has 1 aliphatic rings. The van der Waals surface area contributed by atoms with E-state index in [4.69, 9.17) is 21.1 Å². The minimum Gasteiger partial charge on any atom is -0.497 e. The topological polar surface area (TPSA) is 18.5 Å². The summed E-state index contributed by atoms with van der Waals surface area (Å²) in [5.41, 5.74) is 4.30. The van der Waals surface area contributed by atoms with E-state index in [0.29, 0.717) is 0 Å². The van der Waals surface area contributed by atoms with Crippen molar-refractivity contribution >= 4 is 22.7 Å². The van der Waals surface area contributed by atoms with Crippen LogP contribution in [0.4, 0.5) is 0 Å². The van der Waals surface area contributed by atoms with E-state index < -0.39 is 0 Å². The maximum absolute atomic E-state index is 6.68. The first-order chi connectivity index (χ1) is 11.2. The Morgan fingerprint density at radius 1 is 0.783 bits per heavy atom. The van der Waals surface area contributed by atoms with Gasteiger partial charge in [-0.2, -0.15) is 0 Å². The Bertz CT molecular complexity index is 740. The third kappa shape index (κ3) is 3.27. The van der Waals surface area contributed by atoms with Crippen LogP contribution >= 0.6 is 11.6 Å². The molecule has 0 aromatic heterocycles.